The lowest BCUT2D eigenvalue weighted by molar-refractivity contribution is -0.114. The molecule has 0 bridgehead atoms. The molecule has 0 aliphatic heterocycles. The van der Waals surface area contributed by atoms with Crippen LogP contribution in [0.2, 0.25) is 5.02 Å². The first kappa shape index (κ1) is 15.6. The van der Waals surface area contributed by atoms with Gasteiger partial charge in [-0.1, -0.05) is 41.9 Å². The molecular weight excluding hydrogens is 312 g/mol. The molecule has 0 spiro atoms. The van der Waals surface area contributed by atoms with Crippen LogP contribution in [0.1, 0.15) is 28.4 Å². The van der Waals surface area contributed by atoms with E-state index < -0.39 is 0 Å². The summed E-state index contributed by atoms with van der Waals surface area (Å²) >= 11 is 6.17. The van der Waals surface area contributed by atoms with Crippen LogP contribution in [-0.2, 0) is 17.6 Å². The SMILES string of the molecule is CC(=O)Nc1cccc(Cl)c1C(=O)NC1Cc2ccccc2C1. The zero-order valence-corrected chi connectivity index (χ0v) is 13.5. The first-order valence-corrected chi connectivity index (χ1v) is 7.86. The van der Waals surface area contributed by atoms with Gasteiger partial charge in [0.15, 0.2) is 0 Å². The van der Waals surface area contributed by atoms with Gasteiger partial charge in [0.2, 0.25) is 5.91 Å². The van der Waals surface area contributed by atoms with Gasteiger partial charge in [-0.3, -0.25) is 9.59 Å². The number of halogens is 1. The molecule has 2 aromatic carbocycles. The Bertz CT molecular complexity index is 748. The van der Waals surface area contributed by atoms with Gasteiger partial charge in [-0.2, -0.15) is 0 Å². The number of carbonyl (C=O) groups excluding carboxylic acids is 2. The van der Waals surface area contributed by atoms with Crippen LogP contribution in [0, 0.1) is 0 Å². The lowest BCUT2D eigenvalue weighted by atomic mass is 10.1. The van der Waals surface area contributed by atoms with E-state index in [0.717, 1.165) is 12.8 Å². The molecule has 0 heterocycles. The van der Waals surface area contributed by atoms with Crippen LogP contribution in [0.15, 0.2) is 42.5 Å². The van der Waals surface area contributed by atoms with E-state index in [4.69, 9.17) is 11.6 Å². The molecule has 4 nitrogen and oxygen atoms in total. The van der Waals surface area contributed by atoms with E-state index in [1.807, 2.05) is 12.1 Å². The highest BCUT2D eigenvalue weighted by atomic mass is 35.5. The Labute approximate surface area is 139 Å². The van der Waals surface area contributed by atoms with Gasteiger partial charge in [0.1, 0.15) is 0 Å². The van der Waals surface area contributed by atoms with Crippen LogP contribution in [0.3, 0.4) is 0 Å². The Hall–Kier alpha value is -2.33. The number of hydrogen-bond acceptors (Lipinski definition) is 2. The smallest absolute Gasteiger partial charge is 0.255 e. The summed E-state index contributed by atoms with van der Waals surface area (Å²) in [6, 6.07) is 13.2. The molecule has 0 fully saturated rings. The number of amides is 2. The Morgan fingerprint density at radius 1 is 1.04 bits per heavy atom. The molecule has 2 amide bonds. The van der Waals surface area contributed by atoms with E-state index in [2.05, 4.69) is 22.8 Å². The number of anilines is 1. The van der Waals surface area contributed by atoms with Gasteiger partial charge in [0, 0.05) is 13.0 Å². The normalized spacial score (nSPS) is 13.5. The number of benzene rings is 2. The van der Waals surface area contributed by atoms with Gasteiger partial charge < -0.3 is 10.6 Å². The maximum atomic E-state index is 12.6. The second kappa shape index (κ2) is 6.42. The number of fused-ring (bicyclic) bond motifs is 1. The third-order valence-corrected chi connectivity index (χ3v) is 4.25. The highest BCUT2D eigenvalue weighted by molar-refractivity contribution is 6.34. The first-order valence-electron chi connectivity index (χ1n) is 7.48. The molecule has 0 saturated carbocycles. The molecule has 0 radical (unpaired) electrons. The zero-order valence-electron chi connectivity index (χ0n) is 12.7. The predicted octanol–water partition coefficient (Wildman–Crippen LogP) is 3.20. The summed E-state index contributed by atoms with van der Waals surface area (Å²) in [7, 11) is 0. The van der Waals surface area contributed by atoms with Crippen LogP contribution in [0.5, 0.6) is 0 Å². The van der Waals surface area contributed by atoms with Crippen molar-refractivity contribution in [1.29, 1.82) is 0 Å². The van der Waals surface area contributed by atoms with Crippen molar-refractivity contribution in [1.82, 2.24) is 5.32 Å². The molecule has 118 valence electrons. The van der Waals surface area contributed by atoms with Gasteiger partial charge in [-0.15, -0.1) is 0 Å². The Balaban J connectivity index is 1.78. The minimum absolute atomic E-state index is 0.0429. The van der Waals surface area contributed by atoms with Crippen molar-refractivity contribution in [2.24, 2.45) is 0 Å². The van der Waals surface area contributed by atoms with Crippen molar-refractivity contribution < 1.29 is 9.59 Å². The quantitative estimate of drug-likeness (QED) is 0.909. The number of nitrogens with one attached hydrogen (secondary N) is 2. The van der Waals surface area contributed by atoms with Crippen LogP contribution >= 0.6 is 11.6 Å². The van der Waals surface area contributed by atoms with E-state index in [-0.39, 0.29) is 17.9 Å². The maximum Gasteiger partial charge on any atom is 0.255 e. The Morgan fingerprint density at radius 3 is 2.30 bits per heavy atom. The van der Waals surface area contributed by atoms with Gasteiger partial charge >= 0.3 is 0 Å². The van der Waals surface area contributed by atoms with Crippen molar-refractivity contribution in [2.45, 2.75) is 25.8 Å². The zero-order chi connectivity index (χ0) is 16.4. The fourth-order valence-electron chi connectivity index (χ4n) is 2.97. The molecule has 0 atom stereocenters. The number of hydrogen-bond donors (Lipinski definition) is 2. The van der Waals surface area contributed by atoms with E-state index in [0.29, 0.717) is 16.3 Å². The van der Waals surface area contributed by atoms with E-state index in [9.17, 15) is 9.59 Å². The van der Waals surface area contributed by atoms with Crippen LogP contribution in [0.4, 0.5) is 5.69 Å². The van der Waals surface area contributed by atoms with Crippen molar-refractivity contribution in [3.63, 3.8) is 0 Å². The lowest BCUT2D eigenvalue weighted by Gasteiger charge is -2.15. The predicted molar refractivity (Wildman–Crippen MR) is 90.9 cm³/mol. The fourth-order valence-corrected chi connectivity index (χ4v) is 3.23. The topological polar surface area (TPSA) is 58.2 Å². The monoisotopic (exact) mass is 328 g/mol. The van der Waals surface area contributed by atoms with Crippen LogP contribution < -0.4 is 10.6 Å². The Morgan fingerprint density at radius 2 is 1.70 bits per heavy atom. The molecule has 1 aliphatic carbocycles. The summed E-state index contributed by atoms with van der Waals surface area (Å²) in [6.07, 6.45) is 1.61. The van der Waals surface area contributed by atoms with E-state index in [1.165, 1.54) is 18.1 Å². The largest absolute Gasteiger partial charge is 0.349 e. The highest BCUT2D eigenvalue weighted by Crippen LogP contribution is 2.26. The highest BCUT2D eigenvalue weighted by Gasteiger charge is 2.25. The summed E-state index contributed by atoms with van der Waals surface area (Å²) in [6.45, 7) is 1.40. The van der Waals surface area contributed by atoms with E-state index in [1.54, 1.807) is 18.2 Å². The van der Waals surface area contributed by atoms with Gasteiger partial charge in [0.25, 0.3) is 5.91 Å². The van der Waals surface area contributed by atoms with Crippen molar-refractivity contribution in [3.05, 3.63) is 64.2 Å². The molecule has 2 aromatic rings. The second-order valence-electron chi connectivity index (χ2n) is 5.69. The summed E-state index contributed by atoms with van der Waals surface area (Å²) in [5, 5.41) is 6.00. The minimum Gasteiger partial charge on any atom is -0.349 e. The molecule has 0 unspecified atom stereocenters. The number of carbonyl (C=O) groups is 2. The van der Waals surface area contributed by atoms with Gasteiger partial charge in [-0.05, 0) is 36.1 Å². The average molecular weight is 329 g/mol. The molecule has 5 heteroatoms. The maximum absolute atomic E-state index is 12.6. The molecule has 3 rings (SSSR count). The molecule has 23 heavy (non-hydrogen) atoms. The lowest BCUT2D eigenvalue weighted by Crippen LogP contribution is -2.36. The molecule has 2 N–H and O–H groups in total. The number of rotatable bonds is 3. The second-order valence-corrected chi connectivity index (χ2v) is 6.10. The van der Waals surface area contributed by atoms with Crippen molar-refractivity contribution >= 4 is 29.1 Å². The minimum atomic E-state index is -0.267. The van der Waals surface area contributed by atoms with Crippen molar-refractivity contribution in [2.75, 3.05) is 5.32 Å². The van der Waals surface area contributed by atoms with Gasteiger partial charge in [-0.25, -0.2) is 0 Å². The summed E-state index contributed by atoms with van der Waals surface area (Å²) in [5.74, 6) is -0.508. The summed E-state index contributed by atoms with van der Waals surface area (Å²) < 4.78 is 0. The average Bonchev–Trinajstić information content (AvgIpc) is 2.88. The Kier molecular flexibility index (Phi) is 4.35. The molecule has 1 aliphatic rings. The van der Waals surface area contributed by atoms with Crippen LogP contribution in [0.25, 0.3) is 0 Å². The van der Waals surface area contributed by atoms with E-state index >= 15 is 0 Å². The molecular formula is C18H17ClN2O2. The summed E-state index contributed by atoms with van der Waals surface area (Å²) in [4.78, 5) is 23.9. The van der Waals surface area contributed by atoms with Crippen molar-refractivity contribution in [3.8, 4) is 0 Å². The first-order chi connectivity index (χ1) is 11.0. The third kappa shape index (κ3) is 3.37. The fraction of sp³-hybridized carbons (Fsp3) is 0.222. The van der Waals surface area contributed by atoms with Crippen LogP contribution in [-0.4, -0.2) is 17.9 Å². The summed E-state index contributed by atoms with van der Waals surface area (Å²) in [5.41, 5.74) is 3.26. The molecule has 0 saturated heterocycles. The molecule has 0 aromatic heterocycles. The standard InChI is InChI=1S/C18H17ClN2O2/c1-11(22)20-16-8-4-7-15(19)17(16)18(23)21-14-9-12-5-2-3-6-13(12)10-14/h2-8,14H,9-10H2,1H3,(H,20,22)(H,21,23). The van der Waals surface area contributed by atoms with Gasteiger partial charge in [0.05, 0.1) is 16.3 Å². The third-order valence-electron chi connectivity index (χ3n) is 3.94.